The molecule has 0 aromatic rings. The summed E-state index contributed by atoms with van der Waals surface area (Å²) in [6.07, 6.45) is 2.10. The van der Waals surface area contributed by atoms with Crippen LogP contribution in [0.5, 0.6) is 0 Å². The second-order valence-electron chi connectivity index (χ2n) is 3.93. The minimum Gasteiger partial charge on any atom is -0.464 e. The molecule has 0 fully saturated rings. The summed E-state index contributed by atoms with van der Waals surface area (Å²) in [6, 6.07) is 0. The molecular weight excluding hydrogens is 194 g/mol. The van der Waals surface area contributed by atoms with E-state index in [0.717, 1.165) is 12.8 Å². The zero-order valence-electron chi connectivity index (χ0n) is 9.84. The standard InChI is InChI=1S/C11H21NO3/c1-4-5-10(13)12-8-11(14)15-7-6-9(2)3/h9H,4-8H2,1-3H3,(H,12,13). The SMILES string of the molecule is CCCC(=O)NCC(=O)OCCC(C)C. The van der Waals surface area contributed by atoms with Gasteiger partial charge in [0.2, 0.25) is 5.91 Å². The highest BCUT2D eigenvalue weighted by Crippen LogP contribution is 1.98. The Bertz CT molecular complexity index is 202. The summed E-state index contributed by atoms with van der Waals surface area (Å²) < 4.78 is 4.93. The lowest BCUT2D eigenvalue weighted by Crippen LogP contribution is -2.30. The minimum absolute atomic E-state index is 0.0169. The van der Waals surface area contributed by atoms with Crippen LogP contribution in [-0.4, -0.2) is 25.0 Å². The number of hydrogen-bond acceptors (Lipinski definition) is 3. The first-order valence-corrected chi connectivity index (χ1v) is 5.48. The summed E-state index contributed by atoms with van der Waals surface area (Å²) in [7, 11) is 0. The third-order valence-electron chi connectivity index (χ3n) is 1.87. The van der Waals surface area contributed by atoms with Crippen molar-refractivity contribution in [2.45, 2.75) is 40.0 Å². The first-order chi connectivity index (χ1) is 7.06. The van der Waals surface area contributed by atoms with Gasteiger partial charge < -0.3 is 10.1 Å². The van der Waals surface area contributed by atoms with E-state index in [9.17, 15) is 9.59 Å². The lowest BCUT2D eigenvalue weighted by Gasteiger charge is -2.07. The Morgan fingerprint density at radius 1 is 1.33 bits per heavy atom. The van der Waals surface area contributed by atoms with Gasteiger partial charge in [0.1, 0.15) is 6.54 Å². The summed E-state index contributed by atoms with van der Waals surface area (Å²) >= 11 is 0. The molecule has 0 rings (SSSR count). The van der Waals surface area contributed by atoms with Crippen LogP contribution in [0.1, 0.15) is 40.0 Å². The van der Waals surface area contributed by atoms with Gasteiger partial charge in [-0.25, -0.2) is 0 Å². The zero-order valence-corrected chi connectivity index (χ0v) is 9.84. The fourth-order valence-electron chi connectivity index (χ4n) is 0.946. The van der Waals surface area contributed by atoms with Crippen molar-refractivity contribution in [1.82, 2.24) is 5.32 Å². The van der Waals surface area contributed by atoms with E-state index in [0.29, 0.717) is 18.9 Å². The third kappa shape index (κ3) is 9.25. The summed E-state index contributed by atoms with van der Waals surface area (Å²) in [5.41, 5.74) is 0. The summed E-state index contributed by atoms with van der Waals surface area (Å²) in [6.45, 7) is 6.46. The van der Waals surface area contributed by atoms with Crippen LogP contribution in [0.3, 0.4) is 0 Å². The van der Waals surface area contributed by atoms with Gasteiger partial charge in [-0.15, -0.1) is 0 Å². The fourth-order valence-corrected chi connectivity index (χ4v) is 0.946. The summed E-state index contributed by atoms with van der Waals surface area (Å²) in [5.74, 6) is 0.0610. The molecule has 0 aliphatic rings. The molecule has 1 N–H and O–H groups in total. The van der Waals surface area contributed by atoms with Gasteiger partial charge in [0.15, 0.2) is 0 Å². The predicted octanol–water partition coefficient (Wildman–Crippen LogP) is 1.49. The Morgan fingerprint density at radius 3 is 2.53 bits per heavy atom. The molecule has 0 unspecified atom stereocenters. The maximum atomic E-state index is 11.1. The smallest absolute Gasteiger partial charge is 0.325 e. The molecular formula is C11H21NO3. The third-order valence-corrected chi connectivity index (χ3v) is 1.87. The van der Waals surface area contributed by atoms with E-state index in [1.165, 1.54) is 0 Å². The number of carbonyl (C=O) groups excluding carboxylic acids is 2. The van der Waals surface area contributed by atoms with Crippen molar-refractivity contribution >= 4 is 11.9 Å². The van der Waals surface area contributed by atoms with Crippen molar-refractivity contribution < 1.29 is 14.3 Å². The number of carbonyl (C=O) groups is 2. The van der Waals surface area contributed by atoms with Crippen LogP contribution in [0.15, 0.2) is 0 Å². The van der Waals surface area contributed by atoms with E-state index in [-0.39, 0.29) is 18.4 Å². The van der Waals surface area contributed by atoms with Crippen LogP contribution < -0.4 is 5.32 Å². The van der Waals surface area contributed by atoms with Gasteiger partial charge in [-0.1, -0.05) is 20.8 Å². The Kier molecular flexibility index (Phi) is 7.68. The Balaban J connectivity index is 3.45. The van der Waals surface area contributed by atoms with Crippen molar-refractivity contribution in [3.63, 3.8) is 0 Å². The normalized spacial score (nSPS) is 10.1. The molecule has 0 radical (unpaired) electrons. The van der Waals surface area contributed by atoms with Crippen molar-refractivity contribution in [2.24, 2.45) is 5.92 Å². The first kappa shape index (κ1) is 13.9. The zero-order chi connectivity index (χ0) is 11.7. The van der Waals surface area contributed by atoms with Crippen LogP contribution in [0.2, 0.25) is 0 Å². The molecule has 1 amide bonds. The van der Waals surface area contributed by atoms with Crippen LogP contribution >= 0.6 is 0 Å². The molecule has 88 valence electrons. The monoisotopic (exact) mass is 215 g/mol. The molecule has 0 bridgehead atoms. The van der Waals surface area contributed by atoms with Crippen LogP contribution in [0, 0.1) is 5.92 Å². The molecule has 0 atom stereocenters. The number of rotatable bonds is 7. The first-order valence-electron chi connectivity index (χ1n) is 5.48. The van der Waals surface area contributed by atoms with Gasteiger partial charge in [-0.05, 0) is 18.8 Å². The molecule has 0 spiro atoms. The molecule has 4 heteroatoms. The average molecular weight is 215 g/mol. The van der Waals surface area contributed by atoms with Crippen molar-refractivity contribution in [1.29, 1.82) is 0 Å². The van der Waals surface area contributed by atoms with Gasteiger partial charge in [0.05, 0.1) is 6.61 Å². The molecule has 0 saturated carbocycles. The lowest BCUT2D eigenvalue weighted by atomic mass is 10.1. The average Bonchev–Trinajstić information content (AvgIpc) is 2.14. The highest BCUT2D eigenvalue weighted by atomic mass is 16.5. The number of hydrogen-bond donors (Lipinski definition) is 1. The second-order valence-corrected chi connectivity index (χ2v) is 3.93. The van der Waals surface area contributed by atoms with Crippen LogP contribution in [0.25, 0.3) is 0 Å². The van der Waals surface area contributed by atoms with E-state index >= 15 is 0 Å². The van der Waals surface area contributed by atoms with Gasteiger partial charge in [0.25, 0.3) is 0 Å². The van der Waals surface area contributed by atoms with Gasteiger partial charge >= 0.3 is 5.97 Å². The minimum atomic E-state index is -0.361. The maximum absolute atomic E-state index is 11.1. The number of ether oxygens (including phenoxy) is 1. The van der Waals surface area contributed by atoms with Gasteiger partial charge in [0, 0.05) is 6.42 Å². The van der Waals surface area contributed by atoms with E-state index in [1.54, 1.807) is 0 Å². The Hall–Kier alpha value is -1.06. The number of nitrogens with one attached hydrogen (secondary N) is 1. The molecule has 0 saturated heterocycles. The highest BCUT2D eigenvalue weighted by Gasteiger charge is 2.05. The van der Waals surface area contributed by atoms with E-state index < -0.39 is 0 Å². The van der Waals surface area contributed by atoms with Crippen molar-refractivity contribution in [3.05, 3.63) is 0 Å². The molecule has 0 aliphatic heterocycles. The molecule has 0 aromatic carbocycles. The number of esters is 1. The van der Waals surface area contributed by atoms with E-state index in [1.807, 2.05) is 6.92 Å². The van der Waals surface area contributed by atoms with Crippen molar-refractivity contribution in [2.75, 3.05) is 13.2 Å². The van der Waals surface area contributed by atoms with Crippen LogP contribution in [-0.2, 0) is 14.3 Å². The van der Waals surface area contributed by atoms with Crippen molar-refractivity contribution in [3.8, 4) is 0 Å². The molecule has 15 heavy (non-hydrogen) atoms. The van der Waals surface area contributed by atoms with Crippen LogP contribution in [0.4, 0.5) is 0 Å². The maximum Gasteiger partial charge on any atom is 0.325 e. The quantitative estimate of drug-likeness (QED) is 0.655. The summed E-state index contributed by atoms with van der Waals surface area (Å²) in [4.78, 5) is 22.1. The van der Waals surface area contributed by atoms with E-state index in [4.69, 9.17) is 4.74 Å². The van der Waals surface area contributed by atoms with E-state index in [2.05, 4.69) is 19.2 Å². The second kappa shape index (κ2) is 8.26. The fraction of sp³-hybridized carbons (Fsp3) is 0.818. The molecule has 0 heterocycles. The lowest BCUT2D eigenvalue weighted by molar-refractivity contribution is -0.144. The predicted molar refractivity (Wildman–Crippen MR) is 58.3 cm³/mol. The van der Waals surface area contributed by atoms with Gasteiger partial charge in [-0.3, -0.25) is 9.59 Å². The highest BCUT2D eigenvalue weighted by molar-refractivity contribution is 5.81. The molecule has 0 aromatic heterocycles. The largest absolute Gasteiger partial charge is 0.464 e. The Morgan fingerprint density at radius 2 is 2.00 bits per heavy atom. The summed E-state index contributed by atoms with van der Waals surface area (Å²) in [5, 5.41) is 2.51. The Labute approximate surface area is 91.4 Å². The van der Waals surface area contributed by atoms with Gasteiger partial charge in [-0.2, -0.15) is 0 Å². The topological polar surface area (TPSA) is 55.4 Å². The molecule has 0 aliphatic carbocycles. The number of amides is 1. The molecule has 4 nitrogen and oxygen atoms in total.